The second-order valence-electron chi connectivity index (χ2n) is 11.5. The highest BCUT2D eigenvalue weighted by Crippen LogP contribution is 2.41. The number of rotatable bonds is 4. The van der Waals surface area contributed by atoms with E-state index in [0.717, 1.165) is 19.3 Å². The van der Waals surface area contributed by atoms with Gasteiger partial charge in [-0.15, -0.1) is 0 Å². The van der Waals surface area contributed by atoms with Crippen LogP contribution in [0.15, 0.2) is 109 Å². The van der Waals surface area contributed by atoms with E-state index in [1.807, 2.05) is 0 Å². The van der Waals surface area contributed by atoms with Gasteiger partial charge in [-0.1, -0.05) is 104 Å². The second-order valence-corrected chi connectivity index (χ2v) is 11.5. The molecule has 3 atom stereocenters. The van der Waals surface area contributed by atoms with E-state index in [1.165, 1.54) is 49.9 Å². The molecule has 0 fully saturated rings. The normalized spacial score (nSPS) is 25.3. The molecular formula is C36H38N2. The number of hydrogen-bond acceptors (Lipinski definition) is 2. The predicted octanol–water partition coefficient (Wildman–Crippen LogP) is 8.35. The standard InChI is InChI=1S/C36H38N2/c1-25-22-30-16-11-17-31(32(30)23-26(25)2)27-18-20-36(3,21-19-27)34-24-33(28-12-7-5-8-13-28)38(4)35(37-34)29-14-9-6-10-15-29/h5-9,11-14,16-20,22-24,34-35,37H,10,15,21H2,1-4H3/t34?,35?,36-/m0/s1. The van der Waals surface area contributed by atoms with Crippen LogP contribution in [0.2, 0.25) is 0 Å². The van der Waals surface area contributed by atoms with Crippen molar-refractivity contribution in [3.8, 4) is 0 Å². The summed E-state index contributed by atoms with van der Waals surface area (Å²) >= 11 is 0. The quantitative estimate of drug-likeness (QED) is 0.389. The van der Waals surface area contributed by atoms with Crippen LogP contribution in [-0.4, -0.2) is 24.2 Å². The maximum Gasteiger partial charge on any atom is 0.102 e. The van der Waals surface area contributed by atoms with Crippen molar-refractivity contribution < 1.29 is 0 Å². The summed E-state index contributed by atoms with van der Waals surface area (Å²) in [6, 6.07) is 22.4. The van der Waals surface area contributed by atoms with Crippen molar-refractivity contribution in [1.82, 2.24) is 10.2 Å². The third kappa shape index (κ3) is 4.48. The number of aryl methyl sites for hydroxylation is 2. The smallest absolute Gasteiger partial charge is 0.102 e. The van der Waals surface area contributed by atoms with Gasteiger partial charge in [0.05, 0.1) is 0 Å². The van der Waals surface area contributed by atoms with Crippen molar-refractivity contribution in [3.63, 3.8) is 0 Å². The Balaban J connectivity index is 1.35. The van der Waals surface area contributed by atoms with Gasteiger partial charge in [-0.2, -0.15) is 0 Å². The summed E-state index contributed by atoms with van der Waals surface area (Å²) in [5, 5.41) is 6.71. The molecule has 38 heavy (non-hydrogen) atoms. The van der Waals surface area contributed by atoms with Gasteiger partial charge in [0.1, 0.15) is 6.17 Å². The highest BCUT2D eigenvalue weighted by Gasteiger charge is 2.38. The predicted molar refractivity (Wildman–Crippen MR) is 163 cm³/mol. The molecule has 0 radical (unpaired) electrons. The zero-order chi connectivity index (χ0) is 26.3. The second kappa shape index (κ2) is 9.93. The van der Waals surface area contributed by atoms with E-state index in [-0.39, 0.29) is 17.6 Å². The van der Waals surface area contributed by atoms with Crippen LogP contribution in [0.5, 0.6) is 0 Å². The Morgan fingerprint density at radius 1 is 0.974 bits per heavy atom. The third-order valence-electron chi connectivity index (χ3n) is 8.82. The van der Waals surface area contributed by atoms with Crippen LogP contribution in [0.25, 0.3) is 22.0 Å². The fraction of sp³-hybridized carbons (Fsp3) is 0.278. The Labute approximate surface area is 227 Å². The molecule has 3 aliphatic rings. The lowest BCUT2D eigenvalue weighted by Gasteiger charge is -2.46. The van der Waals surface area contributed by atoms with Crippen molar-refractivity contribution in [1.29, 1.82) is 0 Å². The zero-order valence-electron chi connectivity index (χ0n) is 23.0. The topological polar surface area (TPSA) is 15.3 Å². The number of likely N-dealkylation sites (N-methyl/N-ethyl adjacent to an activating group) is 1. The first-order chi connectivity index (χ1) is 18.4. The van der Waals surface area contributed by atoms with E-state index >= 15 is 0 Å². The molecule has 0 spiro atoms. The minimum atomic E-state index is -0.0226. The summed E-state index contributed by atoms with van der Waals surface area (Å²) in [5.74, 6) is 0. The first-order valence-corrected chi connectivity index (χ1v) is 13.9. The average molecular weight is 499 g/mol. The Morgan fingerprint density at radius 3 is 2.53 bits per heavy atom. The van der Waals surface area contributed by atoms with Crippen molar-refractivity contribution in [3.05, 3.63) is 131 Å². The van der Waals surface area contributed by atoms with Gasteiger partial charge in [0.2, 0.25) is 0 Å². The number of nitrogens with one attached hydrogen (secondary N) is 1. The van der Waals surface area contributed by atoms with E-state index < -0.39 is 0 Å². The van der Waals surface area contributed by atoms with E-state index in [2.05, 4.69) is 141 Å². The SMILES string of the molecule is Cc1cc2cccc(C3=CC[C@@](C)(C4C=C(c5ccccc5)N(C)C(C5=CC=CCC5)N4)C=C3)c2cc1C. The van der Waals surface area contributed by atoms with Crippen LogP contribution in [0.1, 0.15) is 48.4 Å². The maximum atomic E-state index is 4.05. The zero-order valence-corrected chi connectivity index (χ0v) is 23.0. The molecule has 1 aliphatic heterocycles. The summed E-state index contributed by atoms with van der Waals surface area (Å²) < 4.78 is 0. The number of benzene rings is 3. The summed E-state index contributed by atoms with van der Waals surface area (Å²) in [5.41, 5.74) is 9.38. The highest BCUT2D eigenvalue weighted by atomic mass is 15.3. The highest BCUT2D eigenvalue weighted by molar-refractivity contribution is 5.97. The largest absolute Gasteiger partial charge is 0.355 e. The molecule has 0 amide bonds. The number of nitrogens with zero attached hydrogens (tertiary/aromatic N) is 1. The third-order valence-corrected chi connectivity index (χ3v) is 8.82. The molecule has 3 aromatic rings. The molecule has 192 valence electrons. The Bertz CT molecular complexity index is 1520. The number of fused-ring (bicyclic) bond motifs is 1. The summed E-state index contributed by atoms with van der Waals surface area (Å²) in [7, 11) is 2.23. The minimum absolute atomic E-state index is 0.0226. The Kier molecular flexibility index (Phi) is 6.45. The molecule has 3 aromatic carbocycles. The van der Waals surface area contributed by atoms with E-state index in [0.29, 0.717) is 0 Å². The van der Waals surface area contributed by atoms with Crippen LogP contribution in [0.4, 0.5) is 0 Å². The molecule has 0 saturated carbocycles. The average Bonchev–Trinajstić information content (AvgIpc) is 2.95. The van der Waals surface area contributed by atoms with Gasteiger partial charge < -0.3 is 4.90 Å². The molecule has 0 bridgehead atoms. The molecule has 1 heterocycles. The molecule has 2 heteroatoms. The molecule has 2 nitrogen and oxygen atoms in total. The molecule has 2 aliphatic carbocycles. The first-order valence-electron chi connectivity index (χ1n) is 13.9. The molecule has 1 N–H and O–H groups in total. The molecule has 0 saturated heterocycles. The Hall–Kier alpha value is -3.62. The molecular weight excluding hydrogens is 460 g/mol. The maximum absolute atomic E-state index is 4.05. The monoisotopic (exact) mass is 498 g/mol. The van der Waals surface area contributed by atoms with Gasteiger partial charge in [0, 0.05) is 24.2 Å². The van der Waals surface area contributed by atoms with Crippen molar-refractivity contribution in [2.45, 2.75) is 52.2 Å². The van der Waals surface area contributed by atoms with Gasteiger partial charge in [-0.25, -0.2) is 0 Å². The van der Waals surface area contributed by atoms with Gasteiger partial charge >= 0.3 is 0 Å². The lowest BCUT2D eigenvalue weighted by Crippen LogP contribution is -2.56. The molecule has 0 aromatic heterocycles. The summed E-state index contributed by atoms with van der Waals surface area (Å²) in [4.78, 5) is 2.43. The van der Waals surface area contributed by atoms with Gasteiger partial charge in [-0.3, -0.25) is 5.32 Å². The summed E-state index contributed by atoms with van der Waals surface area (Å²) in [6.45, 7) is 6.82. The number of hydrogen-bond donors (Lipinski definition) is 1. The summed E-state index contributed by atoms with van der Waals surface area (Å²) in [6.07, 6.45) is 19.9. The lowest BCUT2D eigenvalue weighted by molar-refractivity contribution is 0.223. The fourth-order valence-corrected chi connectivity index (χ4v) is 6.21. The van der Waals surface area contributed by atoms with Crippen LogP contribution in [0, 0.1) is 19.3 Å². The minimum Gasteiger partial charge on any atom is -0.355 e. The van der Waals surface area contributed by atoms with Gasteiger partial charge in [0.25, 0.3) is 0 Å². The van der Waals surface area contributed by atoms with Gasteiger partial charge in [-0.05, 0) is 83.4 Å². The van der Waals surface area contributed by atoms with Gasteiger partial charge in [0.15, 0.2) is 0 Å². The van der Waals surface area contributed by atoms with Crippen LogP contribution in [0.3, 0.4) is 0 Å². The van der Waals surface area contributed by atoms with E-state index in [4.69, 9.17) is 0 Å². The van der Waals surface area contributed by atoms with Crippen LogP contribution in [-0.2, 0) is 0 Å². The number of allylic oxidation sites excluding steroid dienone is 6. The van der Waals surface area contributed by atoms with Crippen molar-refractivity contribution >= 4 is 22.0 Å². The molecule has 6 rings (SSSR count). The van der Waals surface area contributed by atoms with Crippen LogP contribution >= 0.6 is 0 Å². The Morgan fingerprint density at radius 2 is 1.79 bits per heavy atom. The molecule has 2 unspecified atom stereocenters. The van der Waals surface area contributed by atoms with Crippen LogP contribution < -0.4 is 5.32 Å². The fourth-order valence-electron chi connectivity index (χ4n) is 6.21. The lowest BCUT2D eigenvalue weighted by atomic mass is 9.73. The van der Waals surface area contributed by atoms with Crippen molar-refractivity contribution in [2.24, 2.45) is 5.41 Å². The van der Waals surface area contributed by atoms with Crippen molar-refractivity contribution in [2.75, 3.05) is 7.05 Å². The van der Waals surface area contributed by atoms with E-state index in [1.54, 1.807) is 0 Å². The van der Waals surface area contributed by atoms with E-state index in [9.17, 15) is 0 Å². The first kappa shape index (κ1) is 24.7.